The molecule has 5 nitrogen and oxygen atoms in total. The number of anilines is 1. The van der Waals surface area contributed by atoms with Crippen LogP contribution in [0.1, 0.15) is 18.4 Å². The van der Waals surface area contributed by atoms with E-state index in [4.69, 9.17) is 16.9 Å². The van der Waals surface area contributed by atoms with Crippen molar-refractivity contribution in [2.75, 3.05) is 11.1 Å². The summed E-state index contributed by atoms with van der Waals surface area (Å²) in [5.74, 6) is -0.467. The van der Waals surface area contributed by atoms with E-state index in [1.165, 1.54) is 24.3 Å². The van der Waals surface area contributed by atoms with Crippen LogP contribution >= 0.6 is 11.6 Å². The van der Waals surface area contributed by atoms with Gasteiger partial charge in [-0.3, -0.25) is 4.79 Å². The molecule has 0 saturated carbocycles. The van der Waals surface area contributed by atoms with E-state index in [0.29, 0.717) is 16.3 Å². The Hall–Kier alpha value is -2.36. The van der Waals surface area contributed by atoms with E-state index in [9.17, 15) is 13.2 Å². The second kappa shape index (κ2) is 7.95. The average molecular weight is 363 g/mol. The van der Waals surface area contributed by atoms with E-state index >= 15 is 0 Å². The van der Waals surface area contributed by atoms with Crippen LogP contribution in [0.25, 0.3) is 0 Å². The Kier molecular flexibility index (Phi) is 5.96. The highest BCUT2D eigenvalue weighted by Gasteiger charge is 2.15. The van der Waals surface area contributed by atoms with Crippen molar-refractivity contribution in [1.29, 1.82) is 5.26 Å². The van der Waals surface area contributed by atoms with Crippen LogP contribution in [0.4, 0.5) is 5.69 Å². The van der Waals surface area contributed by atoms with Gasteiger partial charge in [0.2, 0.25) is 5.91 Å². The van der Waals surface area contributed by atoms with Crippen molar-refractivity contribution < 1.29 is 13.2 Å². The third-order valence-corrected chi connectivity index (χ3v) is 5.38. The van der Waals surface area contributed by atoms with Gasteiger partial charge in [0.1, 0.15) is 6.07 Å². The van der Waals surface area contributed by atoms with Crippen LogP contribution in [0.3, 0.4) is 0 Å². The number of rotatable bonds is 6. The minimum absolute atomic E-state index is 0.0482. The Labute approximate surface area is 145 Å². The highest BCUT2D eigenvalue weighted by Crippen LogP contribution is 2.17. The molecule has 7 heteroatoms. The number of benzene rings is 2. The summed E-state index contributed by atoms with van der Waals surface area (Å²) < 4.78 is 24.3. The van der Waals surface area contributed by atoms with E-state index in [2.05, 4.69) is 5.32 Å². The van der Waals surface area contributed by atoms with Gasteiger partial charge >= 0.3 is 0 Å². The Balaban J connectivity index is 1.90. The van der Waals surface area contributed by atoms with E-state index in [1.54, 1.807) is 24.3 Å². The van der Waals surface area contributed by atoms with Crippen LogP contribution in [-0.4, -0.2) is 20.1 Å². The van der Waals surface area contributed by atoms with Gasteiger partial charge in [0.15, 0.2) is 9.84 Å². The van der Waals surface area contributed by atoms with Crippen molar-refractivity contribution >= 4 is 33.0 Å². The van der Waals surface area contributed by atoms with Crippen molar-refractivity contribution in [2.24, 2.45) is 0 Å². The Morgan fingerprint density at radius 3 is 2.46 bits per heavy atom. The molecule has 0 heterocycles. The Bertz CT molecular complexity index is 871. The van der Waals surface area contributed by atoms with Crippen molar-refractivity contribution in [3.8, 4) is 6.07 Å². The number of nitrogens with one attached hydrogen (secondary N) is 1. The molecule has 0 bridgehead atoms. The predicted octanol–water partition coefficient (Wildman–Crippen LogP) is 3.40. The molecular formula is C17H15ClN2O3S. The molecule has 24 heavy (non-hydrogen) atoms. The number of carbonyl (C=O) groups is 1. The average Bonchev–Trinajstić information content (AvgIpc) is 2.55. The third kappa shape index (κ3) is 4.82. The second-order valence-corrected chi connectivity index (χ2v) is 7.63. The van der Waals surface area contributed by atoms with Crippen LogP contribution in [0.15, 0.2) is 53.4 Å². The van der Waals surface area contributed by atoms with Gasteiger partial charge in [-0.1, -0.05) is 23.7 Å². The minimum atomic E-state index is -3.45. The van der Waals surface area contributed by atoms with Crippen molar-refractivity contribution in [3.63, 3.8) is 0 Å². The van der Waals surface area contributed by atoms with E-state index < -0.39 is 9.84 Å². The van der Waals surface area contributed by atoms with Crippen molar-refractivity contribution in [1.82, 2.24) is 0 Å². The van der Waals surface area contributed by atoms with Crippen molar-refractivity contribution in [3.05, 3.63) is 59.1 Å². The molecule has 2 aromatic carbocycles. The van der Waals surface area contributed by atoms with Gasteiger partial charge in [0.05, 0.1) is 21.9 Å². The molecule has 0 aliphatic rings. The zero-order valence-electron chi connectivity index (χ0n) is 12.7. The normalized spacial score (nSPS) is 10.8. The minimum Gasteiger partial charge on any atom is -0.325 e. The van der Waals surface area contributed by atoms with Gasteiger partial charge in [-0.25, -0.2) is 8.42 Å². The molecule has 0 saturated heterocycles. The summed E-state index contributed by atoms with van der Waals surface area (Å²) in [4.78, 5) is 12.1. The van der Waals surface area contributed by atoms with E-state index in [1.807, 2.05) is 6.07 Å². The smallest absolute Gasteiger partial charge is 0.224 e. The molecule has 1 amide bonds. The molecule has 124 valence electrons. The molecule has 0 aliphatic carbocycles. The van der Waals surface area contributed by atoms with Gasteiger partial charge in [0.25, 0.3) is 0 Å². The number of amides is 1. The fourth-order valence-electron chi connectivity index (χ4n) is 2.08. The van der Waals surface area contributed by atoms with Crippen molar-refractivity contribution in [2.45, 2.75) is 17.7 Å². The fraction of sp³-hybridized carbons (Fsp3) is 0.176. The first-order valence-corrected chi connectivity index (χ1v) is 9.23. The number of nitrogens with zero attached hydrogens (tertiary/aromatic N) is 1. The van der Waals surface area contributed by atoms with Crippen LogP contribution in [-0.2, 0) is 14.6 Å². The fourth-order valence-corrected chi connectivity index (χ4v) is 3.52. The molecule has 2 aromatic rings. The standard InChI is InChI=1S/C17H15ClN2O3S/c18-14-7-9-15(10-8-14)24(22,23)11-3-6-17(21)20-16-5-2-1-4-13(16)12-19/h1-2,4-5,7-10H,3,6,11H2,(H,20,21). The van der Waals surface area contributed by atoms with Gasteiger partial charge in [0, 0.05) is 11.4 Å². The van der Waals surface area contributed by atoms with Crippen LogP contribution in [0.5, 0.6) is 0 Å². The summed E-state index contributed by atoms with van der Waals surface area (Å²) >= 11 is 5.74. The molecule has 0 atom stereocenters. The van der Waals surface area contributed by atoms with Gasteiger partial charge in [-0.05, 0) is 42.8 Å². The number of sulfone groups is 1. The number of halogens is 1. The lowest BCUT2D eigenvalue weighted by atomic mass is 10.2. The van der Waals surface area contributed by atoms with Gasteiger partial charge in [-0.15, -0.1) is 0 Å². The molecule has 0 radical (unpaired) electrons. The number of carbonyl (C=O) groups excluding carboxylic acids is 1. The topological polar surface area (TPSA) is 87.0 Å². The quantitative estimate of drug-likeness (QED) is 0.853. The molecule has 2 rings (SSSR count). The lowest BCUT2D eigenvalue weighted by Crippen LogP contribution is -2.15. The summed E-state index contributed by atoms with van der Waals surface area (Å²) in [7, 11) is -3.45. The maximum atomic E-state index is 12.2. The van der Waals surface area contributed by atoms with Gasteiger partial charge in [-0.2, -0.15) is 5.26 Å². The maximum absolute atomic E-state index is 12.2. The molecule has 0 fully saturated rings. The lowest BCUT2D eigenvalue weighted by molar-refractivity contribution is -0.116. The number of para-hydroxylation sites is 1. The maximum Gasteiger partial charge on any atom is 0.224 e. The van der Waals surface area contributed by atoms with Crippen LogP contribution in [0.2, 0.25) is 5.02 Å². The molecule has 0 spiro atoms. The van der Waals surface area contributed by atoms with E-state index in [0.717, 1.165) is 0 Å². The Morgan fingerprint density at radius 2 is 1.79 bits per heavy atom. The molecule has 0 aliphatic heterocycles. The number of hydrogen-bond donors (Lipinski definition) is 1. The lowest BCUT2D eigenvalue weighted by Gasteiger charge is -2.07. The predicted molar refractivity (Wildman–Crippen MR) is 92.5 cm³/mol. The monoisotopic (exact) mass is 362 g/mol. The highest BCUT2D eigenvalue weighted by molar-refractivity contribution is 7.91. The number of nitriles is 1. The highest BCUT2D eigenvalue weighted by atomic mass is 35.5. The molecular weight excluding hydrogens is 348 g/mol. The first-order chi connectivity index (χ1) is 11.4. The molecule has 0 unspecified atom stereocenters. The third-order valence-electron chi connectivity index (χ3n) is 3.31. The first-order valence-electron chi connectivity index (χ1n) is 7.20. The molecule has 1 N–H and O–H groups in total. The zero-order chi connectivity index (χ0) is 17.6. The largest absolute Gasteiger partial charge is 0.325 e. The molecule has 0 aromatic heterocycles. The summed E-state index contributed by atoms with van der Waals surface area (Å²) in [6.45, 7) is 0. The number of hydrogen-bond acceptors (Lipinski definition) is 4. The second-order valence-electron chi connectivity index (χ2n) is 5.08. The summed E-state index contributed by atoms with van der Waals surface area (Å²) in [6.07, 6.45) is 0.234. The Morgan fingerprint density at radius 1 is 1.12 bits per heavy atom. The van der Waals surface area contributed by atoms with Crippen LogP contribution in [0, 0.1) is 11.3 Å². The van der Waals surface area contributed by atoms with E-state index in [-0.39, 0.29) is 29.4 Å². The summed E-state index contributed by atoms with van der Waals surface area (Å²) in [6, 6.07) is 14.5. The summed E-state index contributed by atoms with van der Waals surface area (Å²) in [5.41, 5.74) is 0.783. The first kappa shape index (κ1) is 18.0. The van der Waals surface area contributed by atoms with Gasteiger partial charge < -0.3 is 5.32 Å². The SMILES string of the molecule is N#Cc1ccccc1NC(=O)CCCS(=O)(=O)c1ccc(Cl)cc1. The van der Waals surface area contributed by atoms with Crippen LogP contribution < -0.4 is 5.32 Å². The zero-order valence-corrected chi connectivity index (χ0v) is 14.3. The summed E-state index contributed by atoms with van der Waals surface area (Å²) in [5, 5.41) is 12.1.